The predicted molar refractivity (Wildman–Crippen MR) is 160 cm³/mol. The zero-order valence-corrected chi connectivity index (χ0v) is 25.6. The highest BCUT2D eigenvalue weighted by atomic mass is 32.1. The largest absolute Gasteiger partial charge is 0.457 e. The molecule has 3 fully saturated rings. The van der Waals surface area contributed by atoms with Crippen LogP contribution >= 0.6 is 11.3 Å². The molecule has 0 N–H and O–H groups in total. The van der Waals surface area contributed by atoms with E-state index in [-0.39, 0.29) is 41.6 Å². The summed E-state index contributed by atoms with van der Waals surface area (Å²) in [6.45, 7) is 7.55. The van der Waals surface area contributed by atoms with Gasteiger partial charge in [-0.25, -0.2) is 4.39 Å². The van der Waals surface area contributed by atoms with Crippen molar-refractivity contribution in [2.45, 2.75) is 70.9 Å². The van der Waals surface area contributed by atoms with Crippen LogP contribution < -0.4 is 4.74 Å². The minimum atomic E-state index is -0.558. The first-order chi connectivity index (χ1) is 21.2. The van der Waals surface area contributed by atoms with E-state index >= 15 is 4.39 Å². The first kappa shape index (κ1) is 28.6. The maximum atomic E-state index is 15.7. The van der Waals surface area contributed by atoms with Crippen LogP contribution in [0.5, 0.6) is 11.5 Å². The Hall–Kier alpha value is -4.19. The molecule has 4 heterocycles. The first-order valence-electron chi connectivity index (χ1n) is 15.1. The second-order valence-electron chi connectivity index (χ2n) is 12.4. The van der Waals surface area contributed by atoms with Crippen molar-refractivity contribution in [3.8, 4) is 33.5 Å². The minimum absolute atomic E-state index is 0.0182. The summed E-state index contributed by atoms with van der Waals surface area (Å²) in [4.78, 5) is 33.2. The number of halogens is 1. The maximum absolute atomic E-state index is 15.7. The lowest BCUT2D eigenvalue weighted by Crippen LogP contribution is -2.27. The molecule has 0 unspecified atom stereocenters. The number of aromatic nitrogens is 4. The molecule has 7 rings (SSSR count). The van der Waals surface area contributed by atoms with E-state index in [0.29, 0.717) is 60.8 Å². The average molecular weight is 617 g/mol. The van der Waals surface area contributed by atoms with Crippen LogP contribution in [0.1, 0.15) is 74.7 Å². The molecule has 2 aromatic heterocycles. The van der Waals surface area contributed by atoms with Crippen molar-refractivity contribution in [3.05, 3.63) is 58.6 Å². The lowest BCUT2D eigenvalue weighted by atomic mass is 10.1. The van der Waals surface area contributed by atoms with Crippen LogP contribution in [0.25, 0.3) is 22.0 Å². The molecule has 2 amide bonds. The first-order valence-corrected chi connectivity index (χ1v) is 15.9. The lowest BCUT2D eigenvalue weighted by molar-refractivity contribution is -0.129. The fourth-order valence-corrected chi connectivity index (χ4v) is 6.69. The number of hydrogen-bond donors (Lipinski definition) is 0. The predicted octanol–water partition coefficient (Wildman–Crippen LogP) is 6.16. The molecule has 0 spiro atoms. The van der Waals surface area contributed by atoms with Gasteiger partial charge in [-0.05, 0) is 55.2 Å². The molecule has 0 bridgehead atoms. The van der Waals surface area contributed by atoms with E-state index in [1.807, 2.05) is 36.1 Å². The number of amides is 2. The highest BCUT2D eigenvalue weighted by Gasteiger charge is 2.41. The topological polar surface area (TPSA) is 115 Å². The van der Waals surface area contributed by atoms with E-state index < -0.39 is 5.82 Å². The molecule has 2 aliphatic heterocycles. The summed E-state index contributed by atoms with van der Waals surface area (Å²) in [5.41, 5.74) is 1.55. The molecule has 3 aliphatic rings. The Balaban J connectivity index is 1.17. The third-order valence-electron chi connectivity index (χ3n) is 8.37. The van der Waals surface area contributed by atoms with Crippen molar-refractivity contribution in [1.82, 2.24) is 30.1 Å². The van der Waals surface area contributed by atoms with Crippen LogP contribution in [0.4, 0.5) is 4.39 Å². The van der Waals surface area contributed by atoms with E-state index in [1.165, 1.54) is 6.07 Å². The Bertz CT molecular complexity index is 1720. The van der Waals surface area contributed by atoms with Gasteiger partial charge in [0, 0.05) is 61.5 Å². The van der Waals surface area contributed by atoms with Gasteiger partial charge in [0.1, 0.15) is 27.3 Å². The minimum Gasteiger partial charge on any atom is -0.457 e. The molecule has 1 saturated carbocycles. The van der Waals surface area contributed by atoms with Gasteiger partial charge in [0.2, 0.25) is 11.8 Å². The van der Waals surface area contributed by atoms with E-state index in [2.05, 4.69) is 34.2 Å². The molecular weight excluding hydrogens is 583 g/mol. The van der Waals surface area contributed by atoms with Crippen molar-refractivity contribution in [2.24, 2.45) is 5.92 Å². The third-order valence-corrected chi connectivity index (χ3v) is 9.64. The van der Waals surface area contributed by atoms with Crippen molar-refractivity contribution in [2.75, 3.05) is 13.1 Å². The monoisotopic (exact) mass is 616 g/mol. The van der Waals surface area contributed by atoms with Gasteiger partial charge in [-0.2, -0.15) is 4.98 Å². The van der Waals surface area contributed by atoms with Crippen LogP contribution in [-0.2, 0) is 16.1 Å². The van der Waals surface area contributed by atoms with Gasteiger partial charge in [-0.3, -0.25) is 9.59 Å². The van der Waals surface area contributed by atoms with Crippen molar-refractivity contribution in [3.63, 3.8) is 0 Å². The molecule has 4 aromatic rings. The highest BCUT2D eigenvalue weighted by Crippen LogP contribution is 2.38. The summed E-state index contributed by atoms with van der Waals surface area (Å²) in [5, 5.41) is 14.5. The van der Waals surface area contributed by atoms with Crippen LogP contribution in [0.3, 0.4) is 0 Å². The van der Waals surface area contributed by atoms with Gasteiger partial charge < -0.3 is 19.1 Å². The molecule has 2 aromatic carbocycles. The summed E-state index contributed by atoms with van der Waals surface area (Å²) >= 11 is 1.55. The Kier molecular flexibility index (Phi) is 7.39. The third kappa shape index (κ3) is 5.70. The zero-order chi connectivity index (χ0) is 30.5. The van der Waals surface area contributed by atoms with Crippen LogP contribution in [0.2, 0.25) is 0 Å². The van der Waals surface area contributed by atoms with Gasteiger partial charge in [0.05, 0.1) is 5.56 Å². The fourth-order valence-electron chi connectivity index (χ4n) is 5.84. The number of carbonyl (C=O) groups excluding carboxylic acids is 2. The van der Waals surface area contributed by atoms with Gasteiger partial charge in [-0.1, -0.05) is 37.3 Å². The van der Waals surface area contributed by atoms with Crippen LogP contribution in [0.15, 0.2) is 40.9 Å². The maximum Gasteiger partial charge on any atom is 0.261 e. The smallest absolute Gasteiger partial charge is 0.261 e. The number of rotatable bonds is 9. The molecule has 2 atom stereocenters. The number of hydrogen-bond acceptors (Lipinski definition) is 9. The van der Waals surface area contributed by atoms with Gasteiger partial charge in [0.15, 0.2) is 5.82 Å². The summed E-state index contributed by atoms with van der Waals surface area (Å²) in [5.74, 6) is 1.25. The van der Waals surface area contributed by atoms with E-state index in [1.54, 1.807) is 22.3 Å². The summed E-state index contributed by atoms with van der Waals surface area (Å²) < 4.78 is 27.5. The lowest BCUT2D eigenvalue weighted by Gasteiger charge is -2.19. The Labute approximate surface area is 258 Å². The summed E-state index contributed by atoms with van der Waals surface area (Å²) in [6.07, 6.45) is 2.85. The standard InChI is InChI=1S/C32H33FN6O4S/c1-17(2)31-35-36-32(44-31)19-4-8-23(9-5-19)42-26-13-24(25(33)11-20(26)15-38-14-18(3)10-27(38)40)30-34-29(37-43-30)21-12-28(41)39(16-21)22-6-7-22/h4-5,8-9,11,13,17-18,21-22H,6-7,10,12,14-16H2,1-3H3/t18-,21+/m0/s1. The molecule has 0 radical (unpaired) electrons. The highest BCUT2D eigenvalue weighted by molar-refractivity contribution is 7.14. The Morgan fingerprint density at radius 2 is 1.86 bits per heavy atom. The van der Waals surface area contributed by atoms with Crippen molar-refractivity contribution >= 4 is 23.2 Å². The van der Waals surface area contributed by atoms with Gasteiger partial charge >= 0.3 is 0 Å². The molecule has 2 saturated heterocycles. The van der Waals surface area contributed by atoms with Crippen LogP contribution in [-0.4, -0.2) is 61.1 Å². The summed E-state index contributed by atoms with van der Waals surface area (Å²) in [6, 6.07) is 10.7. The molecule has 44 heavy (non-hydrogen) atoms. The van der Waals surface area contributed by atoms with E-state index in [0.717, 1.165) is 28.4 Å². The summed E-state index contributed by atoms with van der Waals surface area (Å²) in [7, 11) is 0. The van der Waals surface area contributed by atoms with Gasteiger partial charge in [-0.15, -0.1) is 10.2 Å². The molecule has 1 aliphatic carbocycles. The zero-order valence-electron chi connectivity index (χ0n) is 24.8. The van der Waals surface area contributed by atoms with E-state index in [9.17, 15) is 9.59 Å². The molecular formula is C32H33FN6O4S. The van der Waals surface area contributed by atoms with Crippen molar-refractivity contribution in [1.29, 1.82) is 0 Å². The number of ether oxygens (including phenoxy) is 1. The molecule has 228 valence electrons. The number of benzene rings is 2. The quantitative estimate of drug-likeness (QED) is 0.220. The fraction of sp³-hybridized carbons (Fsp3) is 0.438. The molecule has 12 heteroatoms. The molecule has 10 nitrogen and oxygen atoms in total. The van der Waals surface area contributed by atoms with Crippen molar-refractivity contribution < 1.29 is 23.2 Å². The average Bonchev–Trinajstić information content (AvgIpc) is 3.33. The second-order valence-corrected chi connectivity index (χ2v) is 13.4. The van der Waals surface area contributed by atoms with Gasteiger partial charge in [0.25, 0.3) is 5.89 Å². The normalized spacial score (nSPS) is 20.4. The Morgan fingerprint density at radius 1 is 1.07 bits per heavy atom. The van der Waals surface area contributed by atoms with Crippen LogP contribution in [0, 0.1) is 11.7 Å². The Morgan fingerprint density at radius 3 is 2.55 bits per heavy atom. The SMILES string of the molecule is CC(C)c1nnc(-c2ccc(Oc3cc(-c4nc([C@@H]5CC(=O)N(C6CC6)C5)no4)c(F)cc3CN3C[C@@H](C)CC3=O)cc2)s1. The number of nitrogens with zero attached hydrogens (tertiary/aromatic N) is 6. The number of likely N-dealkylation sites (tertiary alicyclic amines) is 2. The number of carbonyl (C=O) groups is 2. The second kappa shape index (κ2) is 11.4. The van der Waals surface area contributed by atoms with E-state index in [4.69, 9.17) is 9.26 Å².